The Labute approximate surface area is 176 Å². The summed E-state index contributed by atoms with van der Waals surface area (Å²) in [5.41, 5.74) is 6.16. The normalized spacial score (nSPS) is 20.7. The fraction of sp³-hybridized carbons (Fsp3) is 0.222. The Morgan fingerprint density at radius 1 is 0.933 bits per heavy atom. The number of methoxy groups -OCH3 is 1. The second-order valence-corrected chi connectivity index (χ2v) is 8.13. The second kappa shape index (κ2) is 7.49. The molecular formula is C27H25NO2. The minimum absolute atomic E-state index is 0.00784. The van der Waals surface area contributed by atoms with Gasteiger partial charge in [-0.3, -0.25) is 0 Å². The first kappa shape index (κ1) is 18.7. The van der Waals surface area contributed by atoms with Crippen LogP contribution in [-0.2, 0) is 18.3 Å². The van der Waals surface area contributed by atoms with E-state index in [2.05, 4.69) is 72.3 Å². The number of aldehydes is 1. The van der Waals surface area contributed by atoms with Crippen molar-refractivity contribution in [1.29, 1.82) is 0 Å². The number of ether oxygens (including phenoxy) is 1. The van der Waals surface area contributed by atoms with E-state index in [9.17, 15) is 4.79 Å². The first-order valence-electron chi connectivity index (χ1n) is 10.4. The fourth-order valence-electron chi connectivity index (χ4n) is 5.26. The Morgan fingerprint density at radius 3 is 2.23 bits per heavy atom. The molecule has 0 aliphatic heterocycles. The number of aromatic nitrogens is 1. The average Bonchev–Trinajstić information content (AvgIpc) is 3.10. The molecule has 3 atom stereocenters. The van der Waals surface area contributed by atoms with Gasteiger partial charge in [0, 0.05) is 35.5 Å². The van der Waals surface area contributed by atoms with E-state index in [0.717, 1.165) is 12.2 Å². The van der Waals surface area contributed by atoms with Crippen LogP contribution in [0.2, 0.25) is 0 Å². The van der Waals surface area contributed by atoms with Crippen LogP contribution in [0.5, 0.6) is 5.75 Å². The summed E-state index contributed by atoms with van der Waals surface area (Å²) in [4.78, 5) is 12.6. The molecule has 4 aromatic rings. The number of benzene rings is 3. The lowest BCUT2D eigenvalue weighted by atomic mass is 9.66. The molecule has 1 aromatic heterocycles. The SMILES string of the molecule is COc1ccc2c(c1)c1c(n2C)C[C@@H](c2ccccc2)[C@@H](C=O)[C@@H]1c1ccccc1. The van der Waals surface area contributed by atoms with Gasteiger partial charge in [0.25, 0.3) is 0 Å². The van der Waals surface area contributed by atoms with Crippen molar-refractivity contribution >= 4 is 17.2 Å². The van der Waals surface area contributed by atoms with E-state index >= 15 is 0 Å². The third-order valence-electron chi connectivity index (χ3n) is 6.69. The number of fused-ring (bicyclic) bond motifs is 3. The van der Waals surface area contributed by atoms with Crippen molar-refractivity contribution in [3.05, 3.63) is 101 Å². The molecule has 0 radical (unpaired) electrons. The van der Waals surface area contributed by atoms with E-state index in [1.807, 2.05) is 18.2 Å². The molecule has 1 heterocycles. The number of nitrogens with zero attached hydrogens (tertiary/aromatic N) is 1. The molecule has 30 heavy (non-hydrogen) atoms. The molecule has 5 rings (SSSR count). The standard InChI is InChI=1S/C27H25NO2/c1-28-24-14-13-20(30-2)15-22(24)27-25(28)16-21(18-9-5-3-6-10-18)23(17-29)26(27)19-11-7-4-8-12-19/h3-15,17,21,23,26H,16H2,1-2H3/t21-,23+,26-/m0/s1. The van der Waals surface area contributed by atoms with Crippen LogP contribution in [0.1, 0.15) is 34.2 Å². The molecule has 0 amide bonds. The Morgan fingerprint density at radius 2 is 1.60 bits per heavy atom. The molecule has 1 aliphatic rings. The molecule has 3 aromatic carbocycles. The molecule has 3 heteroatoms. The van der Waals surface area contributed by atoms with Gasteiger partial charge in [-0.05, 0) is 47.2 Å². The van der Waals surface area contributed by atoms with E-state index in [4.69, 9.17) is 4.74 Å². The van der Waals surface area contributed by atoms with E-state index < -0.39 is 0 Å². The second-order valence-electron chi connectivity index (χ2n) is 8.13. The number of rotatable bonds is 4. The molecule has 0 N–H and O–H groups in total. The van der Waals surface area contributed by atoms with Crippen LogP contribution in [0.3, 0.4) is 0 Å². The van der Waals surface area contributed by atoms with Crippen LogP contribution in [0.4, 0.5) is 0 Å². The van der Waals surface area contributed by atoms with E-state index in [-0.39, 0.29) is 17.8 Å². The largest absolute Gasteiger partial charge is 0.497 e. The summed E-state index contributed by atoms with van der Waals surface area (Å²) in [6.07, 6.45) is 2.02. The minimum Gasteiger partial charge on any atom is -0.497 e. The summed E-state index contributed by atoms with van der Waals surface area (Å²) in [5.74, 6) is 0.870. The lowest BCUT2D eigenvalue weighted by Crippen LogP contribution is -2.30. The Hall–Kier alpha value is -3.33. The van der Waals surface area contributed by atoms with E-state index in [0.29, 0.717) is 0 Å². The summed E-state index contributed by atoms with van der Waals surface area (Å²) in [6.45, 7) is 0. The van der Waals surface area contributed by atoms with Gasteiger partial charge in [0.1, 0.15) is 12.0 Å². The molecule has 0 saturated heterocycles. The van der Waals surface area contributed by atoms with Crippen molar-refractivity contribution < 1.29 is 9.53 Å². The highest BCUT2D eigenvalue weighted by Crippen LogP contribution is 2.50. The minimum atomic E-state index is -0.126. The molecule has 3 nitrogen and oxygen atoms in total. The summed E-state index contributed by atoms with van der Waals surface area (Å²) >= 11 is 0. The highest BCUT2D eigenvalue weighted by Gasteiger charge is 2.41. The Kier molecular flexibility index (Phi) is 4.66. The predicted octanol–water partition coefficient (Wildman–Crippen LogP) is 5.47. The third-order valence-corrected chi connectivity index (χ3v) is 6.69. The number of hydrogen-bond acceptors (Lipinski definition) is 2. The van der Waals surface area contributed by atoms with Crippen LogP contribution in [-0.4, -0.2) is 18.0 Å². The number of aryl methyl sites for hydroxylation is 1. The van der Waals surface area contributed by atoms with E-state index in [1.165, 1.54) is 39.6 Å². The van der Waals surface area contributed by atoms with Crippen LogP contribution >= 0.6 is 0 Å². The molecule has 0 spiro atoms. The monoisotopic (exact) mass is 395 g/mol. The molecule has 0 bridgehead atoms. The smallest absolute Gasteiger partial charge is 0.124 e. The van der Waals surface area contributed by atoms with Gasteiger partial charge in [-0.2, -0.15) is 0 Å². The van der Waals surface area contributed by atoms with Crippen LogP contribution < -0.4 is 4.74 Å². The van der Waals surface area contributed by atoms with Gasteiger partial charge >= 0.3 is 0 Å². The summed E-state index contributed by atoms with van der Waals surface area (Å²) in [6, 6.07) is 27.2. The van der Waals surface area contributed by atoms with Crippen LogP contribution in [0, 0.1) is 5.92 Å². The number of carbonyl (C=O) groups is 1. The zero-order chi connectivity index (χ0) is 20.7. The maximum absolute atomic E-state index is 12.6. The first-order chi connectivity index (χ1) is 14.7. The van der Waals surface area contributed by atoms with Gasteiger partial charge in [-0.25, -0.2) is 0 Å². The van der Waals surface area contributed by atoms with Crippen molar-refractivity contribution in [3.63, 3.8) is 0 Å². The topological polar surface area (TPSA) is 31.2 Å². The molecule has 0 saturated carbocycles. The van der Waals surface area contributed by atoms with Gasteiger partial charge in [-0.1, -0.05) is 60.7 Å². The number of carbonyl (C=O) groups excluding carboxylic acids is 1. The molecule has 0 fully saturated rings. The predicted molar refractivity (Wildman–Crippen MR) is 120 cm³/mol. The van der Waals surface area contributed by atoms with Gasteiger partial charge in [0.05, 0.1) is 7.11 Å². The fourth-order valence-corrected chi connectivity index (χ4v) is 5.26. The van der Waals surface area contributed by atoms with Gasteiger partial charge in [0.15, 0.2) is 0 Å². The third kappa shape index (κ3) is 2.85. The van der Waals surface area contributed by atoms with Crippen molar-refractivity contribution in [3.8, 4) is 5.75 Å². The Balaban J connectivity index is 1.81. The van der Waals surface area contributed by atoms with Crippen LogP contribution in [0.25, 0.3) is 10.9 Å². The average molecular weight is 396 g/mol. The van der Waals surface area contributed by atoms with Gasteiger partial charge < -0.3 is 14.1 Å². The van der Waals surface area contributed by atoms with Gasteiger partial charge in [-0.15, -0.1) is 0 Å². The van der Waals surface area contributed by atoms with Crippen molar-refractivity contribution in [2.45, 2.75) is 18.3 Å². The van der Waals surface area contributed by atoms with Crippen LogP contribution in [0.15, 0.2) is 78.9 Å². The molecule has 150 valence electrons. The quantitative estimate of drug-likeness (QED) is 0.429. The molecule has 1 aliphatic carbocycles. The lowest BCUT2D eigenvalue weighted by molar-refractivity contribution is -0.112. The highest BCUT2D eigenvalue weighted by molar-refractivity contribution is 5.89. The van der Waals surface area contributed by atoms with Crippen molar-refractivity contribution in [2.24, 2.45) is 13.0 Å². The lowest BCUT2D eigenvalue weighted by Gasteiger charge is -2.36. The highest BCUT2D eigenvalue weighted by atomic mass is 16.5. The summed E-state index contributed by atoms with van der Waals surface area (Å²) in [7, 11) is 3.84. The number of hydrogen-bond donors (Lipinski definition) is 0. The maximum atomic E-state index is 12.6. The van der Waals surface area contributed by atoms with Crippen molar-refractivity contribution in [2.75, 3.05) is 7.11 Å². The molecular weight excluding hydrogens is 370 g/mol. The Bertz CT molecular complexity index is 1190. The summed E-state index contributed by atoms with van der Waals surface area (Å²) < 4.78 is 7.83. The van der Waals surface area contributed by atoms with Crippen molar-refractivity contribution in [1.82, 2.24) is 4.57 Å². The summed E-state index contributed by atoms with van der Waals surface area (Å²) in [5, 5.41) is 1.18. The zero-order valence-electron chi connectivity index (χ0n) is 17.3. The van der Waals surface area contributed by atoms with Gasteiger partial charge in [0.2, 0.25) is 0 Å². The maximum Gasteiger partial charge on any atom is 0.124 e. The van der Waals surface area contributed by atoms with E-state index in [1.54, 1.807) is 7.11 Å². The molecule has 0 unspecified atom stereocenters. The zero-order valence-corrected chi connectivity index (χ0v) is 17.3. The first-order valence-corrected chi connectivity index (χ1v) is 10.4.